The number of alkyl halides is 2. The Morgan fingerprint density at radius 3 is 1.97 bits per heavy atom. The molecule has 1 atom stereocenters. The van der Waals surface area contributed by atoms with Gasteiger partial charge >= 0.3 is 12.1 Å². The van der Waals surface area contributed by atoms with Gasteiger partial charge in [-0.3, -0.25) is 0 Å². The first-order valence-electron chi connectivity index (χ1n) is 11.8. The number of aliphatic carboxylic acids is 1. The topological polar surface area (TPSA) is 78.9 Å². The van der Waals surface area contributed by atoms with E-state index in [2.05, 4.69) is 22.3 Å². The van der Waals surface area contributed by atoms with Crippen molar-refractivity contribution in [1.29, 1.82) is 0 Å². The normalized spacial score (nSPS) is 12.9. The molecule has 0 fully saturated rings. The molecule has 6 nitrogen and oxygen atoms in total. The first kappa shape index (κ1) is 25.9. The van der Waals surface area contributed by atoms with Gasteiger partial charge in [0.05, 0.1) is 0 Å². The highest BCUT2D eigenvalue weighted by Gasteiger charge is 2.29. The number of nitrogens with zero attached hydrogens (tertiary/aromatic N) is 1. The number of carboxylic acids is 1. The zero-order valence-electron chi connectivity index (χ0n) is 19.7. The first-order valence-corrected chi connectivity index (χ1v) is 12.9. The Bertz CT molecular complexity index is 1150. The van der Waals surface area contributed by atoms with E-state index in [9.17, 15) is 14.7 Å². The number of carbonyl (C=O) groups excluding carboxylic acids is 1. The van der Waals surface area contributed by atoms with Crippen LogP contribution in [0.4, 0.5) is 10.5 Å². The minimum Gasteiger partial charge on any atom is -0.480 e. The van der Waals surface area contributed by atoms with E-state index < -0.39 is 18.1 Å². The second-order valence-corrected chi connectivity index (χ2v) is 9.35. The van der Waals surface area contributed by atoms with Gasteiger partial charge in [0.1, 0.15) is 12.6 Å². The van der Waals surface area contributed by atoms with Crippen molar-refractivity contribution >= 4 is 41.0 Å². The SMILES string of the molecule is O=C(NC(Cc1ccc(N(CCCl)CCCl)cc1)C(=O)O)OCC1c2ccccc2-c2ccccc21. The molecule has 36 heavy (non-hydrogen) atoms. The molecular weight excluding hydrogens is 499 g/mol. The molecule has 8 heteroatoms. The molecular formula is C28H28Cl2N2O4. The van der Waals surface area contributed by atoms with Gasteiger partial charge in [-0.2, -0.15) is 0 Å². The number of fused-ring (bicyclic) bond motifs is 3. The standard InChI is InChI=1S/C28H28Cl2N2O4/c29-13-15-32(16-14-30)20-11-9-19(10-12-20)17-26(27(33)34)31-28(35)36-18-25-23-7-3-1-5-21(23)22-6-2-4-8-24(22)25/h1-12,25-26H,13-18H2,(H,31,35)(H,33,34). The number of carboxylic acid groups (broad SMARTS) is 1. The van der Waals surface area contributed by atoms with Crippen LogP contribution in [-0.4, -0.2) is 54.7 Å². The van der Waals surface area contributed by atoms with Crippen molar-refractivity contribution in [2.24, 2.45) is 0 Å². The molecule has 0 saturated heterocycles. The highest BCUT2D eigenvalue weighted by molar-refractivity contribution is 6.18. The lowest BCUT2D eigenvalue weighted by atomic mass is 9.98. The molecule has 1 aliphatic rings. The fourth-order valence-corrected chi connectivity index (χ4v) is 5.04. The summed E-state index contributed by atoms with van der Waals surface area (Å²) in [5.41, 5.74) is 6.19. The molecule has 1 aliphatic carbocycles. The molecule has 0 bridgehead atoms. The average molecular weight is 527 g/mol. The number of hydrogen-bond donors (Lipinski definition) is 2. The number of amides is 1. The number of halogens is 2. The van der Waals surface area contributed by atoms with E-state index in [1.807, 2.05) is 60.7 Å². The van der Waals surface area contributed by atoms with Gasteiger partial charge in [0.2, 0.25) is 0 Å². The fraction of sp³-hybridized carbons (Fsp3) is 0.286. The lowest BCUT2D eigenvalue weighted by Crippen LogP contribution is -2.42. The number of rotatable bonds is 11. The van der Waals surface area contributed by atoms with Gasteiger partial charge in [0.25, 0.3) is 0 Å². The lowest BCUT2D eigenvalue weighted by molar-refractivity contribution is -0.139. The van der Waals surface area contributed by atoms with Gasteiger partial charge in [0, 0.05) is 42.9 Å². The van der Waals surface area contributed by atoms with Crippen LogP contribution in [0.2, 0.25) is 0 Å². The van der Waals surface area contributed by atoms with Gasteiger partial charge in [0.15, 0.2) is 0 Å². The molecule has 0 radical (unpaired) electrons. The molecule has 0 aliphatic heterocycles. The Hall–Kier alpha value is -3.22. The number of alkyl carbamates (subject to hydrolysis) is 1. The van der Waals surface area contributed by atoms with E-state index in [0.717, 1.165) is 33.5 Å². The van der Waals surface area contributed by atoms with Crippen LogP contribution in [0.1, 0.15) is 22.6 Å². The summed E-state index contributed by atoms with van der Waals surface area (Å²) in [7, 11) is 0. The third-order valence-corrected chi connectivity index (χ3v) is 6.72. The van der Waals surface area contributed by atoms with Crippen LogP contribution in [0.3, 0.4) is 0 Å². The third kappa shape index (κ3) is 5.94. The van der Waals surface area contributed by atoms with Crippen LogP contribution in [0, 0.1) is 0 Å². The number of benzene rings is 3. The number of ether oxygens (including phenoxy) is 1. The van der Waals surface area contributed by atoms with Crippen molar-refractivity contribution < 1.29 is 19.4 Å². The van der Waals surface area contributed by atoms with Crippen molar-refractivity contribution in [2.75, 3.05) is 36.4 Å². The minimum absolute atomic E-state index is 0.0945. The second kappa shape index (κ2) is 12.2. The number of carbonyl (C=O) groups is 2. The summed E-state index contributed by atoms with van der Waals surface area (Å²) in [4.78, 5) is 26.5. The largest absolute Gasteiger partial charge is 0.480 e. The Labute approximate surface area is 220 Å². The van der Waals surface area contributed by atoms with Crippen LogP contribution < -0.4 is 10.2 Å². The molecule has 2 N–H and O–H groups in total. The molecule has 1 unspecified atom stereocenters. The minimum atomic E-state index is -1.13. The van der Waals surface area contributed by atoms with Gasteiger partial charge in [-0.15, -0.1) is 23.2 Å². The summed E-state index contributed by atoms with van der Waals surface area (Å²) in [6, 6.07) is 22.5. The highest BCUT2D eigenvalue weighted by atomic mass is 35.5. The molecule has 3 aromatic rings. The summed E-state index contributed by atoms with van der Waals surface area (Å²) in [6.45, 7) is 1.45. The molecule has 4 rings (SSSR count). The monoisotopic (exact) mass is 526 g/mol. The van der Waals surface area contributed by atoms with E-state index in [0.29, 0.717) is 24.8 Å². The summed E-state index contributed by atoms with van der Waals surface area (Å²) in [6.07, 6.45) is -0.624. The Morgan fingerprint density at radius 2 is 1.44 bits per heavy atom. The maximum absolute atomic E-state index is 12.6. The highest BCUT2D eigenvalue weighted by Crippen LogP contribution is 2.44. The lowest BCUT2D eigenvalue weighted by Gasteiger charge is -2.23. The van der Waals surface area contributed by atoms with E-state index in [1.54, 1.807) is 0 Å². The predicted molar refractivity (Wildman–Crippen MR) is 143 cm³/mol. The number of hydrogen-bond acceptors (Lipinski definition) is 4. The Kier molecular flexibility index (Phi) is 8.73. The zero-order chi connectivity index (χ0) is 25.5. The molecule has 0 aromatic heterocycles. The van der Waals surface area contributed by atoms with Gasteiger partial charge < -0.3 is 20.1 Å². The van der Waals surface area contributed by atoms with Crippen molar-refractivity contribution in [3.05, 3.63) is 89.5 Å². The maximum Gasteiger partial charge on any atom is 0.407 e. The van der Waals surface area contributed by atoms with E-state index >= 15 is 0 Å². The number of nitrogens with one attached hydrogen (secondary N) is 1. The van der Waals surface area contributed by atoms with Crippen LogP contribution in [0.15, 0.2) is 72.8 Å². The summed E-state index contributed by atoms with van der Waals surface area (Å²) < 4.78 is 5.52. The third-order valence-electron chi connectivity index (χ3n) is 6.38. The summed E-state index contributed by atoms with van der Waals surface area (Å²) in [5.74, 6) is -0.269. The van der Waals surface area contributed by atoms with Crippen molar-refractivity contribution in [2.45, 2.75) is 18.4 Å². The summed E-state index contributed by atoms with van der Waals surface area (Å²) >= 11 is 11.8. The maximum atomic E-state index is 12.6. The molecule has 0 saturated carbocycles. The van der Waals surface area contributed by atoms with Crippen LogP contribution >= 0.6 is 23.2 Å². The van der Waals surface area contributed by atoms with Gasteiger partial charge in [-0.25, -0.2) is 9.59 Å². The van der Waals surface area contributed by atoms with E-state index in [-0.39, 0.29) is 18.9 Å². The van der Waals surface area contributed by atoms with Crippen molar-refractivity contribution in [3.63, 3.8) is 0 Å². The second-order valence-electron chi connectivity index (χ2n) is 8.60. The van der Waals surface area contributed by atoms with Crippen LogP contribution in [0.25, 0.3) is 11.1 Å². The summed E-state index contributed by atoms with van der Waals surface area (Å²) in [5, 5.41) is 12.2. The quantitative estimate of drug-likeness (QED) is 0.322. The number of anilines is 1. The van der Waals surface area contributed by atoms with Crippen molar-refractivity contribution in [1.82, 2.24) is 5.32 Å². The van der Waals surface area contributed by atoms with Gasteiger partial charge in [-0.1, -0.05) is 60.7 Å². The average Bonchev–Trinajstić information content (AvgIpc) is 3.21. The Morgan fingerprint density at radius 1 is 0.889 bits per heavy atom. The van der Waals surface area contributed by atoms with Gasteiger partial charge in [-0.05, 0) is 39.9 Å². The van der Waals surface area contributed by atoms with Crippen LogP contribution in [0.5, 0.6) is 0 Å². The Balaban J connectivity index is 1.38. The first-order chi connectivity index (χ1) is 17.5. The zero-order valence-corrected chi connectivity index (χ0v) is 21.2. The van der Waals surface area contributed by atoms with E-state index in [4.69, 9.17) is 27.9 Å². The molecule has 188 valence electrons. The smallest absolute Gasteiger partial charge is 0.407 e. The molecule has 1 amide bonds. The molecule has 0 spiro atoms. The molecule has 3 aromatic carbocycles. The molecule has 0 heterocycles. The van der Waals surface area contributed by atoms with E-state index in [1.165, 1.54) is 0 Å². The van der Waals surface area contributed by atoms with Crippen LogP contribution in [-0.2, 0) is 16.0 Å². The predicted octanol–water partition coefficient (Wildman–Crippen LogP) is 5.51. The fourth-order valence-electron chi connectivity index (χ4n) is 4.64. The van der Waals surface area contributed by atoms with Crippen molar-refractivity contribution in [3.8, 4) is 11.1 Å².